The highest BCUT2D eigenvalue weighted by molar-refractivity contribution is 5.57. The van der Waals surface area contributed by atoms with Crippen molar-refractivity contribution < 1.29 is 0 Å². The zero-order chi connectivity index (χ0) is 15.0. The molecule has 6 nitrogen and oxygen atoms in total. The van der Waals surface area contributed by atoms with Crippen LogP contribution in [-0.2, 0) is 0 Å². The van der Waals surface area contributed by atoms with Crippen LogP contribution in [0.1, 0.15) is 49.4 Å². The molecule has 0 atom stereocenters. The molecule has 4 N–H and O–H groups in total. The lowest BCUT2D eigenvalue weighted by molar-refractivity contribution is 0.0738. The average molecular weight is 290 g/mol. The average Bonchev–Trinajstić information content (AvgIpc) is 3.23. The molecule has 2 fully saturated rings. The van der Waals surface area contributed by atoms with Gasteiger partial charge in [0.25, 0.3) is 0 Å². The highest BCUT2D eigenvalue weighted by Gasteiger charge is 2.39. The van der Waals surface area contributed by atoms with Gasteiger partial charge in [-0.3, -0.25) is 0 Å². The standard InChI is InChI=1S/C15H26N6/c1-10-12(17-9-15(21(2)3)7-4-8-15)18-14(11-5-6-11)19-13(10)20-16/h11H,4-9,16H2,1-3H3,(H2,17,18,19,20). The number of hydrazine groups is 1. The van der Waals surface area contributed by atoms with Gasteiger partial charge in [0.05, 0.1) is 0 Å². The van der Waals surface area contributed by atoms with Crippen LogP contribution in [0.4, 0.5) is 11.6 Å². The summed E-state index contributed by atoms with van der Waals surface area (Å²) >= 11 is 0. The van der Waals surface area contributed by atoms with Gasteiger partial charge < -0.3 is 15.6 Å². The van der Waals surface area contributed by atoms with E-state index in [9.17, 15) is 0 Å². The Kier molecular flexibility index (Phi) is 3.75. The predicted molar refractivity (Wildman–Crippen MR) is 85.3 cm³/mol. The van der Waals surface area contributed by atoms with Crippen LogP contribution in [0, 0.1) is 6.92 Å². The van der Waals surface area contributed by atoms with Crippen LogP contribution in [0.15, 0.2) is 0 Å². The summed E-state index contributed by atoms with van der Waals surface area (Å²) in [6.45, 7) is 2.93. The summed E-state index contributed by atoms with van der Waals surface area (Å²) in [7, 11) is 4.33. The Labute approximate surface area is 126 Å². The molecule has 0 unspecified atom stereocenters. The van der Waals surface area contributed by atoms with Crippen LogP contribution >= 0.6 is 0 Å². The molecule has 0 bridgehead atoms. The number of likely N-dealkylation sites (N-methyl/N-ethyl adjacent to an activating group) is 1. The van der Waals surface area contributed by atoms with E-state index in [2.05, 4.69) is 34.7 Å². The maximum Gasteiger partial charge on any atom is 0.148 e. The first-order valence-corrected chi connectivity index (χ1v) is 7.82. The third kappa shape index (κ3) is 2.70. The van der Waals surface area contributed by atoms with Crippen molar-refractivity contribution in [2.24, 2.45) is 5.84 Å². The Morgan fingerprint density at radius 1 is 1.24 bits per heavy atom. The Hall–Kier alpha value is -1.40. The number of anilines is 2. The van der Waals surface area contributed by atoms with Crippen LogP contribution in [0.2, 0.25) is 0 Å². The molecule has 0 spiro atoms. The zero-order valence-corrected chi connectivity index (χ0v) is 13.2. The third-order valence-electron chi connectivity index (χ3n) is 5.06. The first-order valence-electron chi connectivity index (χ1n) is 7.82. The Morgan fingerprint density at radius 2 is 1.90 bits per heavy atom. The van der Waals surface area contributed by atoms with Gasteiger partial charge in [0, 0.05) is 23.6 Å². The van der Waals surface area contributed by atoms with Crippen molar-refractivity contribution in [3.05, 3.63) is 11.4 Å². The van der Waals surface area contributed by atoms with Crippen molar-refractivity contribution in [2.45, 2.75) is 50.5 Å². The minimum Gasteiger partial charge on any atom is -0.368 e. The maximum absolute atomic E-state index is 5.60. The van der Waals surface area contributed by atoms with E-state index in [0.717, 1.165) is 29.6 Å². The van der Waals surface area contributed by atoms with Crippen molar-refractivity contribution in [3.8, 4) is 0 Å². The smallest absolute Gasteiger partial charge is 0.148 e. The van der Waals surface area contributed by atoms with Gasteiger partial charge >= 0.3 is 0 Å². The first kappa shape index (κ1) is 14.5. The molecule has 6 heteroatoms. The highest BCUT2D eigenvalue weighted by atomic mass is 15.3. The second kappa shape index (κ2) is 5.42. The number of rotatable bonds is 6. The lowest BCUT2D eigenvalue weighted by atomic mass is 9.75. The Balaban J connectivity index is 1.79. The fourth-order valence-corrected chi connectivity index (χ4v) is 2.99. The van der Waals surface area contributed by atoms with Crippen molar-refractivity contribution in [1.29, 1.82) is 0 Å². The zero-order valence-electron chi connectivity index (χ0n) is 13.2. The van der Waals surface area contributed by atoms with Gasteiger partial charge in [0.15, 0.2) is 0 Å². The molecule has 0 radical (unpaired) electrons. The van der Waals surface area contributed by atoms with Crippen LogP contribution in [0.3, 0.4) is 0 Å². The van der Waals surface area contributed by atoms with Crippen LogP contribution in [0.25, 0.3) is 0 Å². The Morgan fingerprint density at radius 3 is 2.38 bits per heavy atom. The number of nitrogens with two attached hydrogens (primary N) is 1. The normalized spacial score (nSPS) is 20.2. The number of nitrogen functional groups attached to an aromatic ring is 1. The molecule has 2 saturated carbocycles. The van der Waals surface area contributed by atoms with E-state index < -0.39 is 0 Å². The SMILES string of the molecule is Cc1c(NN)nc(C2CC2)nc1NCC1(N(C)C)CCC1. The lowest BCUT2D eigenvalue weighted by Gasteiger charge is -2.47. The van der Waals surface area contributed by atoms with E-state index in [1.165, 1.54) is 32.1 Å². The monoisotopic (exact) mass is 290 g/mol. The maximum atomic E-state index is 5.60. The van der Waals surface area contributed by atoms with Gasteiger partial charge in [-0.15, -0.1) is 0 Å². The summed E-state index contributed by atoms with van der Waals surface area (Å²) < 4.78 is 0. The van der Waals surface area contributed by atoms with Gasteiger partial charge in [-0.05, 0) is 53.1 Å². The molecule has 0 aromatic carbocycles. The summed E-state index contributed by atoms with van der Waals surface area (Å²) in [4.78, 5) is 11.6. The summed E-state index contributed by atoms with van der Waals surface area (Å²) in [6.07, 6.45) is 6.18. The van der Waals surface area contributed by atoms with Gasteiger partial charge in [-0.2, -0.15) is 0 Å². The van der Waals surface area contributed by atoms with Gasteiger partial charge in [0.1, 0.15) is 17.5 Å². The van der Waals surface area contributed by atoms with E-state index >= 15 is 0 Å². The molecule has 3 rings (SSSR count). The van der Waals surface area contributed by atoms with Crippen LogP contribution in [0.5, 0.6) is 0 Å². The van der Waals surface area contributed by atoms with Crippen molar-refractivity contribution in [1.82, 2.24) is 14.9 Å². The number of nitrogens with zero attached hydrogens (tertiary/aromatic N) is 3. The number of hydrogen-bond donors (Lipinski definition) is 3. The largest absolute Gasteiger partial charge is 0.368 e. The molecule has 0 amide bonds. The second-order valence-electron chi connectivity index (χ2n) is 6.65. The van der Waals surface area contributed by atoms with E-state index in [4.69, 9.17) is 10.8 Å². The van der Waals surface area contributed by atoms with E-state index in [1.807, 2.05) is 6.92 Å². The van der Waals surface area contributed by atoms with E-state index in [1.54, 1.807) is 0 Å². The van der Waals surface area contributed by atoms with Gasteiger partial charge in [-0.1, -0.05) is 0 Å². The second-order valence-corrected chi connectivity index (χ2v) is 6.65. The molecule has 2 aliphatic carbocycles. The Bertz CT molecular complexity index is 519. The highest BCUT2D eigenvalue weighted by Crippen LogP contribution is 2.40. The fraction of sp³-hybridized carbons (Fsp3) is 0.733. The van der Waals surface area contributed by atoms with Crippen molar-refractivity contribution >= 4 is 11.6 Å². The molecule has 21 heavy (non-hydrogen) atoms. The van der Waals surface area contributed by atoms with Gasteiger partial charge in [-0.25, -0.2) is 15.8 Å². The number of hydrogen-bond acceptors (Lipinski definition) is 6. The minimum atomic E-state index is 0.271. The first-order chi connectivity index (χ1) is 10.1. The summed E-state index contributed by atoms with van der Waals surface area (Å²) in [5, 5.41) is 3.55. The quantitative estimate of drug-likeness (QED) is 0.548. The van der Waals surface area contributed by atoms with E-state index in [-0.39, 0.29) is 5.54 Å². The summed E-state index contributed by atoms with van der Waals surface area (Å²) in [5.74, 6) is 8.70. The number of nitrogens with one attached hydrogen (secondary N) is 2. The molecule has 1 heterocycles. The molecule has 2 aliphatic rings. The molecular weight excluding hydrogens is 264 g/mol. The molecule has 1 aromatic heterocycles. The topological polar surface area (TPSA) is 79.1 Å². The molecule has 0 aliphatic heterocycles. The third-order valence-corrected chi connectivity index (χ3v) is 5.06. The molecule has 116 valence electrons. The van der Waals surface area contributed by atoms with Crippen molar-refractivity contribution in [2.75, 3.05) is 31.4 Å². The molecule has 0 saturated heterocycles. The molecule has 1 aromatic rings. The van der Waals surface area contributed by atoms with Crippen LogP contribution in [-0.4, -0.2) is 41.0 Å². The molecular formula is C15H26N6. The van der Waals surface area contributed by atoms with Gasteiger partial charge in [0.2, 0.25) is 0 Å². The van der Waals surface area contributed by atoms with E-state index in [0.29, 0.717) is 5.92 Å². The van der Waals surface area contributed by atoms with Crippen LogP contribution < -0.4 is 16.6 Å². The number of aromatic nitrogens is 2. The lowest BCUT2D eigenvalue weighted by Crippen LogP contribution is -2.54. The summed E-state index contributed by atoms with van der Waals surface area (Å²) in [6, 6.07) is 0. The van der Waals surface area contributed by atoms with Crippen molar-refractivity contribution in [3.63, 3.8) is 0 Å². The minimum absolute atomic E-state index is 0.271. The summed E-state index contributed by atoms with van der Waals surface area (Å²) in [5.41, 5.74) is 3.97. The fourth-order valence-electron chi connectivity index (χ4n) is 2.99. The predicted octanol–water partition coefficient (Wildman–Crippen LogP) is 1.84.